The normalized spacial score (nSPS) is 21.5. The van der Waals surface area contributed by atoms with Crippen LogP contribution in [0.15, 0.2) is 65.0 Å². The molecule has 0 fully saturated rings. The van der Waals surface area contributed by atoms with E-state index in [9.17, 15) is 24.9 Å². The summed E-state index contributed by atoms with van der Waals surface area (Å²) >= 11 is 0. The molecule has 2 aromatic heterocycles. The van der Waals surface area contributed by atoms with Crippen LogP contribution in [0.5, 0.6) is 0 Å². The second kappa shape index (κ2) is 12.7. The number of carboxylic acid groups (broad SMARTS) is 2. The molecule has 5 rings (SSSR count). The number of hydrogen-bond donors (Lipinski definition) is 3. The number of carboxylic acids is 2. The van der Waals surface area contributed by atoms with Gasteiger partial charge in [-0.3, -0.25) is 9.59 Å². The van der Waals surface area contributed by atoms with E-state index in [1.165, 1.54) is 0 Å². The van der Waals surface area contributed by atoms with Gasteiger partial charge in [0.25, 0.3) is 0 Å². The van der Waals surface area contributed by atoms with Crippen LogP contribution < -0.4 is 20.7 Å². The molecule has 0 radical (unpaired) electrons. The number of nitrogens with zero attached hydrogens (tertiary/aromatic N) is 4. The molecule has 0 saturated heterocycles. The van der Waals surface area contributed by atoms with Crippen molar-refractivity contribution in [3.63, 3.8) is 0 Å². The molecule has 10 heteroatoms. The van der Waals surface area contributed by atoms with E-state index in [1.807, 2.05) is 58.1 Å². The van der Waals surface area contributed by atoms with Gasteiger partial charge in [0.2, 0.25) is 0 Å². The van der Waals surface area contributed by atoms with Crippen LogP contribution in [0, 0.1) is 25.7 Å². The average Bonchev–Trinajstić information content (AvgIpc) is 3.59. The summed E-state index contributed by atoms with van der Waals surface area (Å²) in [7, 11) is 0. The fourth-order valence-electron chi connectivity index (χ4n) is 6.00. The number of hydrogen-bond acceptors (Lipinski definition) is 3. The largest absolute Gasteiger partial charge is 4.00 e. The maximum Gasteiger partial charge on any atom is 4.00 e. The molecule has 44 heavy (non-hydrogen) atoms. The SMILES string of the molecule is C=CC1C2=Cc3[n-]c(c(CCC(=O)O)c3C)/C=c3\[n-]/c(c(C)c3CCC(=O)O)=C\C3=C(C)C(C(=C)O)/C(=C/C(=C1C)[N-]2)[N-]3.[Fe+4]. The van der Waals surface area contributed by atoms with Gasteiger partial charge in [0.15, 0.2) is 0 Å². The van der Waals surface area contributed by atoms with Crippen LogP contribution >= 0.6 is 0 Å². The summed E-state index contributed by atoms with van der Waals surface area (Å²) in [5, 5.41) is 40.5. The Labute approximate surface area is 266 Å². The molecule has 9 nitrogen and oxygen atoms in total. The third-order valence-corrected chi connectivity index (χ3v) is 8.46. The van der Waals surface area contributed by atoms with Crippen LogP contribution in [-0.2, 0) is 39.5 Å². The van der Waals surface area contributed by atoms with Crippen molar-refractivity contribution >= 4 is 30.2 Å². The zero-order valence-corrected chi connectivity index (χ0v) is 26.2. The smallest absolute Gasteiger partial charge is 0.661 e. The Morgan fingerprint density at radius 2 is 1.39 bits per heavy atom. The van der Waals surface area contributed by atoms with Crippen LogP contribution in [0.1, 0.15) is 60.3 Å². The van der Waals surface area contributed by atoms with Crippen molar-refractivity contribution in [2.45, 2.75) is 53.4 Å². The summed E-state index contributed by atoms with van der Waals surface area (Å²) in [5.41, 5.74) is 8.99. The number of allylic oxidation sites excluding steroid dienone is 3. The third kappa shape index (κ3) is 6.00. The first-order chi connectivity index (χ1) is 20.4. The van der Waals surface area contributed by atoms with Gasteiger partial charge in [-0.15, -0.1) is 51.5 Å². The molecule has 228 valence electrons. The van der Waals surface area contributed by atoms with Crippen LogP contribution in [-0.4, -0.2) is 27.3 Å². The van der Waals surface area contributed by atoms with Crippen molar-refractivity contribution in [1.29, 1.82) is 0 Å². The van der Waals surface area contributed by atoms with Crippen molar-refractivity contribution in [1.82, 2.24) is 9.97 Å². The number of aliphatic carboxylic acids is 2. The molecule has 5 heterocycles. The Morgan fingerprint density at radius 1 is 0.773 bits per heavy atom. The number of rotatable bonds is 8. The minimum Gasteiger partial charge on any atom is -0.661 e. The summed E-state index contributed by atoms with van der Waals surface area (Å²) in [6.07, 6.45) is 9.67. The van der Waals surface area contributed by atoms with Gasteiger partial charge in [-0.2, -0.15) is 0 Å². The van der Waals surface area contributed by atoms with Crippen molar-refractivity contribution in [3.05, 3.63) is 120 Å². The zero-order chi connectivity index (χ0) is 31.2. The predicted octanol–water partition coefficient (Wildman–Crippen LogP) is 4.91. The average molecular weight is 635 g/mol. The fraction of sp³-hybridized carbons (Fsp3) is 0.294. The third-order valence-electron chi connectivity index (χ3n) is 8.46. The number of aliphatic hydroxyl groups excluding tert-OH is 1. The number of aromatic nitrogens is 2. The summed E-state index contributed by atoms with van der Waals surface area (Å²) in [6, 6.07) is 0. The number of aliphatic hydroxyl groups is 1. The topological polar surface area (TPSA) is 151 Å². The Balaban J connectivity index is 0.00000442. The first-order valence-electron chi connectivity index (χ1n) is 14.1. The second-order valence-corrected chi connectivity index (χ2v) is 11.2. The standard InChI is InChI=1S/C34H34N4O5.Fe/c1-7-21-16(2)26-14-31-34(20(6)39)19(5)27(38-31)12-24-17(3)22(8-10-32(40)41)29(36-24)15-30-23(9-11-33(42)43)18(4)25(37-30)13-28(21)35-26;/h7,12-15,21,34,39H,1,6,8-11H2,2-5H3,(H,40,41)(H,42,43);/q-4;+4/b24-12-,28-13?,29-15-,31-14-;. The monoisotopic (exact) mass is 634 g/mol. The molecule has 2 atom stereocenters. The molecule has 3 aliphatic heterocycles. The minimum atomic E-state index is -0.919. The first-order valence-corrected chi connectivity index (χ1v) is 14.1. The molecular formula is C34H34FeN4O5. The maximum atomic E-state index is 11.5. The molecule has 0 spiro atoms. The van der Waals surface area contributed by atoms with Crippen LogP contribution in [0.4, 0.5) is 0 Å². The summed E-state index contributed by atoms with van der Waals surface area (Å²) in [4.78, 5) is 32.9. The molecule has 0 aromatic carbocycles. The second-order valence-electron chi connectivity index (χ2n) is 11.2. The molecular weight excluding hydrogens is 600 g/mol. The Bertz CT molecular complexity index is 1830. The number of carbonyl (C=O) groups is 2. The Kier molecular flexibility index (Phi) is 9.37. The predicted molar refractivity (Wildman–Crippen MR) is 165 cm³/mol. The van der Waals surface area contributed by atoms with E-state index in [0.717, 1.165) is 39.1 Å². The Hall–Kier alpha value is -4.40. The molecule has 3 N–H and O–H groups in total. The van der Waals surface area contributed by atoms with Crippen LogP contribution in [0.25, 0.3) is 28.9 Å². The van der Waals surface area contributed by atoms with E-state index in [0.29, 0.717) is 39.2 Å². The maximum absolute atomic E-state index is 11.5. The van der Waals surface area contributed by atoms with E-state index in [1.54, 1.807) is 0 Å². The fourth-order valence-corrected chi connectivity index (χ4v) is 6.00. The van der Waals surface area contributed by atoms with Crippen molar-refractivity contribution < 1.29 is 42.0 Å². The van der Waals surface area contributed by atoms with E-state index < -0.39 is 17.9 Å². The van der Waals surface area contributed by atoms with E-state index in [2.05, 4.69) is 13.2 Å². The zero-order valence-electron chi connectivity index (χ0n) is 25.1. The van der Waals surface area contributed by atoms with Crippen LogP contribution in [0.3, 0.4) is 0 Å². The molecule has 0 amide bonds. The summed E-state index contributed by atoms with van der Waals surface area (Å²) in [6.45, 7) is 15.5. The van der Waals surface area contributed by atoms with Crippen molar-refractivity contribution in [3.8, 4) is 0 Å². The first kappa shape index (κ1) is 32.5. The quantitative estimate of drug-likeness (QED) is 0.212. The van der Waals surface area contributed by atoms with Gasteiger partial charge in [0.05, 0.1) is 5.76 Å². The molecule has 0 aliphatic carbocycles. The van der Waals surface area contributed by atoms with Gasteiger partial charge < -0.3 is 35.9 Å². The van der Waals surface area contributed by atoms with Gasteiger partial charge in [0, 0.05) is 24.7 Å². The van der Waals surface area contributed by atoms with Crippen molar-refractivity contribution in [2.75, 3.05) is 0 Å². The molecule has 3 aliphatic rings. The van der Waals surface area contributed by atoms with Gasteiger partial charge in [-0.05, 0) is 40.5 Å². The van der Waals surface area contributed by atoms with Crippen LogP contribution in [0.2, 0.25) is 0 Å². The van der Waals surface area contributed by atoms with Gasteiger partial charge in [-0.25, -0.2) is 0 Å². The van der Waals surface area contributed by atoms with E-state index in [-0.39, 0.29) is 54.4 Å². The molecule has 0 saturated carbocycles. The summed E-state index contributed by atoms with van der Waals surface area (Å²) < 4.78 is 0. The molecule has 2 unspecified atom stereocenters. The number of fused-ring (bicyclic) bond motifs is 8. The molecule has 2 aromatic rings. The van der Waals surface area contributed by atoms with E-state index >= 15 is 0 Å². The van der Waals surface area contributed by atoms with Gasteiger partial charge >= 0.3 is 29.0 Å². The van der Waals surface area contributed by atoms with Gasteiger partial charge in [0.1, 0.15) is 0 Å². The minimum absolute atomic E-state index is 0. The van der Waals surface area contributed by atoms with Gasteiger partial charge in [-0.1, -0.05) is 70.4 Å². The van der Waals surface area contributed by atoms with E-state index in [4.69, 9.17) is 20.6 Å². The Morgan fingerprint density at radius 3 is 2.00 bits per heavy atom. The summed E-state index contributed by atoms with van der Waals surface area (Å²) in [5.74, 6) is -2.54. The molecule has 8 bridgehead atoms. The van der Waals surface area contributed by atoms with Crippen molar-refractivity contribution in [2.24, 2.45) is 11.8 Å².